The van der Waals surface area contributed by atoms with E-state index in [4.69, 9.17) is 10.2 Å². The number of furan rings is 1. The number of rotatable bonds is 4. The van der Waals surface area contributed by atoms with Gasteiger partial charge in [0.05, 0.1) is 0 Å². The SMILES string of the molecule is NCCNc1nccc(-c2cc3ccccc3o2)n1. The predicted molar refractivity (Wildman–Crippen MR) is 74.8 cm³/mol. The molecule has 3 N–H and O–H groups in total. The second kappa shape index (κ2) is 5.07. The van der Waals surface area contributed by atoms with Gasteiger partial charge in [0.25, 0.3) is 0 Å². The normalized spacial score (nSPS) is 10.8. The fourth-order valence-electron chi connectivity index (χ4n) is 1.87. The summed E-state index contributed by atoms with van der Waals surface area (Å²) in [6.07, 6.45) is 1.70. The molecule has 0 unspecified atom stereocenters. The van der Waals surface area contributed by atoms with Crippen LogP contribution in [0.5, 0.6) is 0 Å². The van der Waals surface area contributed by atoms with E-state index in [0.29, 0.717) is 19.0 Å². The lowest BCUT2D eigenvalue weighted by Gasteiger charge is -2.03. The van der Waals surface area contributed by atoms with Crippen LogP contribution in [0.25, 0.3) is 22.4 Å². The summed E-state index contributed by atoms with van der Waals surface area (Å²) in [5.74, 6) is 1.29. The zero-order valence-corrected chi connectivity index (χ0v) is 10.3. The summed E-state index contributed by atoms with van der Waals surface area (Å²) in [5, 5.41) is 4.11. The summed E-state index contributed by atoms with van der Waals surface area (Å²) in [4.78, 5) is 8.54. The van der Waals surface area contributed by atoms with Crippen LogP contribution < -0.4 is 11.1 Å². The van der Waals surface area contributed by atoms with Gasteiger partial charge in [0.15, 0.2) is 5.76 Å². The Bertz CT molecular complexity index is 659. The van der Waals surface area contributed by atoms with Crippen LogP contribution in [0.1, 0.15) is 0 Å². The number of nitrogens with zero attached hydrogens (tertiary/aromatic N) is 2. The van der Waals surface area contributed by atoms with Crippen LogP contribution in [-0.2, 0) is 0 Å². The third-order valence-corrected chi connectivity index (χ3v) is 2.76. The van der Waals surface area contributed by atoms with Crippen LogP contribution in [0.4, 0.5) is 5.95 Å². The van der Waals surface area contributed by atoms with E-state index in [2.05, 4.69) is 15.3 Å². The molecule has 19 heavy (non-hydrogen) atoms. The number of nitrogens with one attached hydrogen (secondary N) is 1. The Morgan fingerprint density at radius 2 is 2.11 bits per heavy atom. The molecule has 3 aromatic rings. The summed E-state index contributed by atoms with van der Waals surface area (Å²) < 4.78 is 5.77. The zero-order valence-electron chi connectivity index (χ0n) is 10.3. The number of anilines is 1. The summed E-state index contributed by atoms with van der Waals surface area (Å²) >= 11 is 0. The first-order valence-electron chi connectivity index (χ1n) is 6.13. The molecule has 0 saturated heterocycles. The summed E-state index contributed by atoms with van der Waals surface area (Å²) in [6, 6.07) is 11.7. The Balaban J connectivity index is 1.96. The summed E-state index contributed by atoms with van der Waals surface area (Å²) in [6.45, 7) is 1.18. The predicted octanol–water partition coefficient (Wildman–Crippen LogP) is 2.26. The number of para-hydroxylation sites is 1. The minimum absolute atomic E-state index is 0.540. The average molecular weight is 254 g/mol. The molecular weight excluding hydrogens is 240 g/mol. The largest absolute Gasteiger partial charge is 0.454 e. The van der Waals surface area contributed by atoms with Crippen molar-refractivity contribution in [3.8, 4) is 11.5 Å². The van der Waals surface area contributed by atoms with E-state index in [-0.39, 0.29) is 0 Å². The van der Waals surface area contributed by atoms with Crippen molar-refractivity contribution in [2.75, 3.05) is 18.4 Å². The van der Waals surface area contributed by atoms with Gasteiger partial charge in [0.1, 0.15) is 11.3 Å². The van der Waals surface area contributed by atoms with Crippen LogP contribution in [0, 0.1) is 0 Å². The molecule has 0 bridgehead atoms. The quantitative estimate of drug-likeness (QED) is 0.746. The average Bonchev–Trinajstić information content (AvgIpc) is 2.89. The minimum Gasteiger partial charge on any atom is -0.454 e. The molecular formula is C14H14N4O. The Morgan fingerprint density at radius 1 is 1.21 bits per heavy atom. The van der Waals surface area contributed by atoms with Crippen molar-refractivity contribution in [2.45, 2.75) is 0 Å². The number of nitrogens with two attached hydrogens (primary N) is 1. The highest BCUT2D eigenvalue weighted by Gasteiger charge is 2.08. The molecule has 0 spiro atoms. The van der Waals surface area contributed by atoms with E-state index < -0.39 is 0 Å². The Hall–Kier alpha value is -2.40. The number of fused-ring (bicyclic) bond motifs is 1. The van der Waals surface area contributed by atoms with Gasteiger partial charge in [-0.25, -0.2) is 9.97 Å². The molecule has 0 aliphatic heterocycles. The van der Waals surface area contributed by atoms with Crippen molar-refractivity contribution in [1.29, 1.82) is 0 Å². The molecule has 0 aliphatic carbocycles. The molecule has 2 heterocycles. The summed E-state index contributed by atoms with van der Waals surface area (Å²) in [7, 11) is 0. The van der Waals surface area contributed by atoms with Gasteiger partial charge in [-0.1, -0.05) is 18.2 Å². The number of aromatic nitrogens is 2. The smallest absolute Gasteiger partial charge is 0.223 e. The maximum Gasteiger partial charge on any atom is 0.223 e. The first-order chi connectivity index (χ1) is 9.36. The van der Waals surface area contributed by atoms with E-state index in [0.717, 1.165) is 22.4 Å². The van der Waals surface area contributed by atoms with Crippen molar-refractivity contribution < 1.29 is 4.42 Å². The lowest BCUT2D eigenvalue weighted by Crippen LogP contribution is -2.14. The molecule has 0 atom stereocenters. The van der Waals surface area contributed by atoms with E-state index in [1.807, 2.05) is 36.4 Å². The number of benzene rings is 1. The Kier molecular flexibility index (Phi) is 3.12. The Morgan fingerprint density at radius 3 is 2.95 bits per heavy atom. The highest BCUT2D eigenvalue weighted by Crippen LogP contribution is 2.26. The van der Waals surface area contributed by atoms with Crippen molar-refractivity contribution in [3.05, 3.63) is 42.6 Å². The molecule has 5 nitrogen and oxygen atoms in total. The molecule has 96 valence electrons. The molecule has 0 radical (unpaired) electrons. The van der Waals surface area contributed by atoms with Crippen LogP contribution in [0.2, 0.25) is 0 Å². The molecule has 0 fully saturated rings. The van der Waals surface area contributed by atoms with E-state index in [1.165, 1.54) is 0 Å². The van der Waals surface area contributed by atoms with E-state index in [9.17, 15) is 0 Å². The van der Waals surface area contributed by atoms with Gasteiger partial charge in [-0.15, -0.1) is 0 Å². The molecule has 5 heteroatoms. The van der Waals surface area contributed by atoms with Crippen LogP contribution in [0.15, 0.2) is 47.0 Å². The van der Waals surface area contributed by atoms with Gasteiger partial charge >= 0.3 is 0 Å². The van der Waals surface area contributed by atoms with Crippen molar-refractivity contribution in [3.63, 3.8) is 0 Å². The number of hydrogen-bond acceptors (Lipinski definition) is 5. The highest BCUT2D eigenvalue weighted by atomic mass is 16.3. The lowest BCUT2D eigenvalue weighted by molar-refractivity contribution is 0.628. The first kappa shape index (κ1) is 11.7. The van der Waals surface area contributed by atoms with Gasteiger partial charge in [-0.2, -0.15) is 0 Å². The third-order valence-electron chi connectivity index (χ3n) is 2.76. The van der Waals surface area contributed by atoms with Gasteiger partial charge in [-0.05, 0) is 18.2 Å². The van der Waals surface area contributed by atoms with Crippen molar-refractivity contribution in [2.24, 2.45) is 5.73 Å². The van der Waals surface area contributed by atoms with Crippen LogP contribution in [-0.4, -0.2) is 23.1 Å². The summed E-state index contributed by atoms with van der Waals surface area (Å²) in [5.41, 5.74) is 7.05. The van der Waals surface area contributed by atoms with Crippen molar-refractivity contribution >= 4 is 16.9 Å². The second-order valence-electron chi connectivity index (χ2n) is 4.13. The molecule has 2 aromatic heterocycles. The zero-order chi connectivity index (χ0) is 13.1. The number of hydrogen-bond donors (Lipinski definition) is 2. The first-order valence-corrected chi connectivity index (χ1v) is 6.13. The van der Waals surface area contributed by atoms with Gasteiger partial charge in [0, 0.05) is 24.7 Å². The maximum atomic E-state index is 5.77. The molecule has 0 saturated carbocycles. The van der Waals surface area contributed by atoms with E-state index >= 15 is 0 Å². The van der Waals surface area contributed by atoms with Gasteiger partial charge < -0.3 is 15.5 Å². The van der Waals surface area contributed by atoms with E-state index in [1.54, 1.807) is 6.20 Å². The fraction of sp³-hybridized carbons (Fsp3) is 0.143. The van der Waals surface area contributed by atoms with Crippen LogP contribution >= 0.6 is 0 Å². The molecule has 3 rings (SSSR count). The standard InChI is InChI=1S/C14H14N4O/c15-6-8-17-14-16-7-5-11(18-14)13-9-10-3-1-2-4-12(10)19-13/h1-5,7,9H,6,8,15H2,(H,16,17,18). The monoisotopic (exact) mass is 254 g/mol. The maximum absolute atomic E-state index is 5.77. The minimum atomic E-state index is 0.540. The molecule has 0 aliphatic rings. The van der Waals surface area contributed by atoms with Gasteiger partial charge in [0.2, 0.25) is 5.95 Å². The second-order valence-corrected chi connectivity index (χ2v) is 4.13. The van der Waals surface area contributed by atoms with Crippen LogP contribution in [0.3, 0.4) is 0 Å². The third kappa shape index (κ3) is 2.41. The van der Waals surface area contributed by atoms with Crippen molar-refractivity contribution in [1.82, 2.24) is 9.97 Å². The molecule has 1 aromatic carbocycles. The molecule has 0 amide bonds. The lowest BCUT2D eigenvalue weighted by atomic mass is 10.2. The highest BCUT2D eigenvalue weighted by molar-refractivity contribution is 5.82. The Labute approximate surface area is 110 Å². The van der Waals surface area contributed by atoms with Gasteiger partial charge in [-0.3, -0.25) is 0 Å². The topological polar surface area (TPSA) is 77.0 Å². The fourth-order valence-corrected chi connectivity index (χ4v) is 1.87.